The molecule has 150 valence electrons. The third-order valence-electron chi connectivity index (χ3n) is 5.42. The van der Waals surface area contributed by atoms with Crippen LogP contribution in [0.15, 0.2) is 18.2 Å². The van der Waals surface area contributed by atoms with Crippen LogP contribution in [0.5, 0.6) is 0 Å². The summed E-state index contributed by atoms with van der Waals surface area (Å²) >= 11 is 0. The van der Waals surface area contributed by atoms with Crippen molar-refractivity contribution in [3.05, 3.63) is 23.8 Å². The predicted octanol–water partition coefficient (Wildman–Crippen LogP) is 1.94. The van der Waals surface area contributed by atoms with E-state index in [1.807, 2.05) is 4.90 Å². The summed E-state index contributed by atoms with van der Waals surface area (Å²) in [6.45, 7) is 5.53. The van der Waals surface area contributed by atoms with E-state index < -0.39 is 11.7 Å². The minimum absolute atomic E-state index is 0.223. The molecule has 1 aromatic rings. The van der Waals surface area contributed by atoms with Gasteiger partial charge in [-0.25, -0.2) is 0 Å². The van der Waals surface area contributed by atoms with Crippen molar-refractivity contribution in [2.75, 3.05) is 49.6 Å². The first kappa shape index (κ1) is 19.9. The molecule has 2 heterocycles. The fourth-order valence-electron chi connectivity index (χ4n) is 3.81. The van der Waals surface area contributed by atoms with Crippen LogP contribution >= 0.6 is 0 Å². The molecule has 3 rings (SSSR count). The van der Waals surface area contributed by atoms with Crippen molar-refractivity contribution in [2.45, 2.75) is 38.4 Å². The zero-order valence-corrected chi connectivity index (χ0v) is 15.6. The van der Waals surface area contributed by atoms with E-state index in [0.717, 1.165) is 31.5 Å². The third-order valence-corrected chi connectivity index (χ3v) is 5.42. The summed E-state index contributed by atoms with van der Waals surface area (Å²) in [6, 6.07) is 3.95. The van der Waals surface area contributed by atoms with Gasteiger partial charge in [-0.1, -0.05) is 0 Å². The molecule has 2 atom stereocenters. The van der Waals surface area contributed by atoms with E-state index >= 15 is 0 Å². The zero-order valence-electron chi connectivity index (χ0n) is 15.6. The van der Waals surface area contributed by atoms with Gasteiger partial charge in [0, 0.05) is 13.1 Å². The number of hydrogen-bond acceptors (Lipinski definition) is 3. The minimum Gasteiger partial charge on any atom is -0.378 e. The summed E-state index contributed by atoms with van der Waals surface area (Å²) < 4.78 is 44.8. The van der Waals surface area contributed by atoms with E-state index in [4.69, 9.17) is 4.74 Å². The second kappa shape index (κ2) is 8.48. The Balaban J connectivity index is 1.78. The molecule has 2 N–H and O–H groups in total. The standard InChI is InChI=1S/C19H26F3N3O2/c1-14-4-2-3-7-25(14)13-18(26)23-16-12-15(19(20,21)22)5-6-17(16)24-8-10-27-11-9-24/h5-6,12,14H,2-4,7-11,13H2,1H3,(H,23,26)/p+1/t14-/m1/s1. The number of quaternary nitrogens is 1. The van der Waals surface area contributed by atoms with Crippen LogP contribution in [0, 0.1) is 0 Å². The van der Waals surface area contributed by atoms with Crippen LogP contribution in [0.1, 0.15) is 31.7 Å². The van der Waals surface area contributed by atoms with Crippen molar-refractivity contribution in [1.29, 1.82) is 0 Å². The molecule has 8 heteroatoms. The van der Waals surface area contributed by atoms with Gasteiger partial charge >= 0.3 is 6.18 Å². The monoisotopic (exact) mass is 386 g/mol. The van der Waals surface area contributed by atoms with Gasteiger partial charge in [-0.05, 0) is 44.4 Å². The number of piperidine rings is 1. The summed E-state index contributed by atoms with van der Waals surface area (Å²) in [5, 5.41) is 2.75. The maximum absolute atomic E-state index is 13.2. The minimum atomic E-state index is -4.45. The highest BCUT2D eigenvalue weighted by Gasteiger charge is 2.32. The molecule has 2 fully saturated rings. The quantitative estimate of drug-likeness (QED) is 0.832. The average molecular weight is 386 g/mol. The van der Waals surface area contributed by atoms with Gasteiger partial charge in [0.1, 0.15) is 0 Å². The Morgan fingerprint density at radius 1 is 1.30 bits per heavy atom. The van der Waals surface area contributed by atoms with Crippen LogP contribution < -0.4 is 15.1 Å². The van der Waals surface area contributed by atoms with E-state index in [9.17, 15) is 18.0 Å². The number of morpholine rings is 1. The number of hydrogen-bond donors (Lipinski definition) is 2. The lowest BCUT2D eigenvalue weighted by molar-refractivity contribution is -0.920. The molecule has 2 aliphatic rings. The summed E-state index contributed by atoms with van der Waals surface area (Å²) in [7, 11) is 0. The van der Waals surface area contributed by atoms with Crippen LogP contribution in [0.4, 0.5) is 24.5 Å². The van der Waals surface area contributed by atoms with Gasteiger partial charge in [0.25, 0.3) is 5.91 Å². The molecule has 5 nitrogen and oxygen atoms in total. The lowest BCUT2D eigenvalue weighted by Gasteiger charge is -2.32. The van der Waals surface area contributed by atoms with E-state index in [1.54, 1.807) is 0 Å². The maximum Gasteiger partial charge on any atom is 0.416 e. The van der Waals surface area contributed by atoms with Gasteiger partial charge in [0.15, 0.2) is 6.54 Å². The number of anilines is 2. The number of carbonyl (C=O) groups excluding carboxylic acids is 1. The Labute approximate surface area is 157 Å². The Hall–Kier alpha value is -1.80. The number of alkyl halides is 3. The summed E-state index contributed by atoms with van der Waals surface area (Å²) in [4.78, 5) is 15.7. The van der Waals surface area contributed by atoms with Crippen LogP contribution in [-0.4, -0.2) is 51.3 Å². The van der Waals surface area contributed by atoms with E-state index in [2.05, 4.69) is 12.2 Å². The van der Waals surface area contributed by atoms with Gasteiger partial charge in [-0.2, -0.15) is 13.2 Å². The number of carbonyl (C=O) groups is 1. The lowest BCUT2D eigenvalue weighted by atomic mass is 10.0. The molecule has 27 heavy (non-hydrogen) atoms. The summed E-state index contributed by atoms with van der Waals surface area (Å²) in [5.74, 6) is -0.243. The average Bonchev–Trinajstić information content (AvgIpc) is 2.63. The van der Waals surface area contributed by atoms with Gasteiger partial charge in [0.05, 0.1) is 42.7 Å². The number of likely N-dealkylation sites (tertiary alicyclic amines) is 1. The molecule has 0 spiro atoms. The summed E-state index contributed by atoms with van der Waals surface area (Å²) in [6.07, 6.45) is -1.13. The van der Waals surface area contributed by atoms with Gasteiger partial charge in [-0.3, -0.25) is 4.79 Å². The highest BCUT2D eigenvalue weighted by atomic mass is 19.4. The van der Waals surface area contributed by atoms with Crippen molar-refractivity contribution in [3.8, 4) is 0 Å². The third kappa shape index (κ3) is 5.13. The molecule has 2 saturated heterocycles. The number of benzene rings is 1. The Kier molecular flexibility index (Phi) is 6.26. The zero-order chi connectivity index (χ0) is 19.4. The Bertz CT molecular complexity index is 660. The number of rotatable bonds is 4. The Morgan fingerprint density at radius 3 is 2.70 bits per heavy atom. The number of halogens is 3. The number of ether oxygens (including phenoxy) is 1. The van der Waals surface area contributed by atoms with E-state index in [1.165, 1.54) is 17.4 Å². The van der Waals surface area contributed by atoms with Crippen molar-refractivity contribution >= 4 is 17.3 Å². The smallest absolute Gasteiger partial charge is 0.378 e. The molecule has 2 aliphatic heterocycles. The van der Waals surface area contributed by atoms with E-state index in [0.29, 0.717) is 38.0 Å². The normalized spacial score (nSPS) is 23.9. The first-order valence-corrected chi connectivity index (χ1v) is 9.53. The second-order valence-electron chi connectivity index (χ2n) is 7.36. The first-order chi connectivity index (χ1) is 12.8. The second-order valence-corrected chi connectivity index (χ2v) is 7.36. The molecular formula is C19H27F3N3O2+. The SMILES string of the molecule is C[C@@H]1CCCC[NH+]1CC(=O)Nc1cc(C(F)(F)F)ccc1N1CCOCC1. The van der Waals surface area contributed by atoms with Crippen LogP contribution in [-0.2, 0) is 15.7 Å². The number of nitrogens with zero attached hydrogens (tertiary/aromatic N) is 1. The molecule has 1 amide bonds. The van der Waals surface area contributed by atoms with Crippen LogP contribution in [0.2, 0.25) is 0 Å². The molecule has 0 aliphatic carbocycles. The fraction of sp³-hybridized carbons (Fsp3) is 0.632. The van der Waals surface area contributed by atoms with Crippen molar-refractivity contribution in [3.63, 3.8) is 0 Å². The molecule has 0 saturated carbocycles. The first-order valence-electron chi connectivity index (χ1n) is 9.53. The van der Waals surface area contributed by atoms with Gasteiger partial charge in [0.2, 0.25) is 0 Å². The van der Waals surface area contributed by atoms with Crippen molar-refractivity contribution in [1.82, 2.24) is 0 Å². The van der Waals surface area contributed by atoms with Crippen molar-refractivity contribution < 1.29 is 27.6 Å². The largest absolute Gasteiger partial charge is 0.416 e. The molecule has 0 bridgehead atoms. The molecule has 1 unspecified atom stereocenters. The number of amides is 1. The number of nitrogens with one attached hydrogen (secondary N) is 2. The fourth-order valence-corrected chi connectivity index (χ4v) is 3.81. The van der Waals surface area contributed by atoms with Crippen molar-refractivity contribution in [2.24, 2.45) is 0 Å². The molecule has 0 aromatic heterocycles. The molecule has 1 aromatic carbocycles. The molecule has 0 radical (unpaired) electrons. The lowest BCUT2D eigenvalue weighted by Crippen LogP contribution is -3.17. The highest BCUT2D eigenvalue weighted by Crippen LogP contribution is 2.35. The van der Waals surface area contributed by atoms with Gasteiger partial charge < -0.3 is 19.9 Å². The van der Waals surface area contributed by atoms with Crippen LogP contribution in [0.3, 0.4) is 0 Å². The Morgan fingerprint density at radius 2 is 2.04 bits per heavy atom. The maximum atomic E-state index is 13.2. The highest BCUT2D eigenvalue weighted by molar-refractivity contribution is 5.95. The van der Waals surface area contributed by atoms with E-state index in [-0.39, 0.29) is 18.1 Å². The van der Waals surface area contributed by atoms with Gasteiger partial charge in [-0.15, -0.1) is 0 Å². The molecular weight excluding hydrogens is 359 g/mol. The topological polar surface area (TPSA) is 46.0 Å². The summed E-state index contributed by atoms with van der Waals surface area (Å²) in [5.41, 5.74) is 0.0793. The van der Waals surface area contributed by atoms with Crippen LogP contribution in [0.25, 0.3) is 0 Å². The predicted molar refractivity (Wildman–Crippen MR) is 97.1 cm³/mol.